The molecule has 1 heterocycles. The molecule has 0 atom stereocenters. The molecule has 0 radical (unpaired) electrons. The van der Waals surface area contributed by atoms with E-state index in [9.17, 15) is 34.8 Å². The minimum atomic E-state index is -4.74. The van der Waals surface area contributed by atoms with Crippen molar-refractivity contribution in [1.29, 1.82) is 0 Å². The fourth-order valence-corrected chi connectivity index (χ4v) is 5.54. The number of primary sulfonamides is 1. The van der Waals surface area contributed by atoms with Gasteiger partial charge in [0.05, 0.1) is 11.5 Å². The van der Waals surface area contributed by atoms with Crippen molar-refractivity contribution < 1.29 is 48.8 Å². The number of unbranched alkanes of at least 4 members (excludes halogenated alkanes) is 1. The van der Waals surface area contributed by atoms with E-state index in [1.807, 2.05) is 6.92 Å². The second kappa shape index (κ2) is 15.0. The number of fused-ring (bicyclic) bond motifs is 1. The van der Waals surface area contributed by atoms with Crippen LogP contribution in [0.5, 0.6) is 11.5 Å². The Kier molecular flexibility index (Phi) is 11.9. The SMILES string of the molecule is Cc1ccc(S(=O)(=O)O)cc1.NS(=O)(=O)c1cc(C(=O)CCCCNCCc2ccccc2OC(F)(F)F)cc2c1OCC2. The second-order valence-corrected chi connectivity index (χ2v) is 12.9. The number of alkyl halides is 3. The highest BCUT2D eigenvalue weighted by molar-refractivity contribution is 7.89. The van der Waals surface area contributed by atoms with E-state index >= 15 is 0 Å². The molecule has 44 heavy (non-hydrogen) atoms. The van der Waals surface area contributed by atoms with Crippen molar-refractivity contribution in [3.8, 4) is 11.5 Å². The molecule has 0 unspecified atom stereocenters. The fraction of sp³-hybridized carbons (Fsp3) is 0.345. The van der Waals surface area contributed by atoms with Crippen LogP contribution in [0.4, 0.5) is 13.2 Å². The van der Waals surface area contributed by atoms with Gasteiger partial charge in [-0.1, -0.05) is 35.9 Å². The van der Waals surface area contributed by atoms with Crippen molar-refractivity contribution in [1.82, 2.24) is 5.32 Å². The standard InChI is InChI=1S/C22H25F3N2O5S.C7H8O3S/c23-22(24,25)32-19-7-2-1-5-15(19)8-11-27-10-4-3-6-18(28)17-13-16-9-12-31-21(16)20(14-17)33(26,29)30;1-6-2-4-7(5-3-6)11(8,9)10/h1-2,5,7,13-14,27H,3-4,6,8-12H2,(H2,26,29,30);2-5H,1H3,(H,8,9,10). The molecule has 0 fully saturated rings. The van der Waals surface area contributed by atoms with Crippen LogP contribution in [0.2, 0.25) is 0 Å². The van der Waals surface area contributed by atoms with Gasteiger partial charge in [0.15, 0.2) is 5.78 Å². The Bertz CT molecular complexity index is 1660. The first-order valence-corrected chi connectivity index (χ1v) is 16.5. The third-order valence-corrected chi connectivity index (χ3v) is 8.26. The van der Waals surface area contributed by atoms with Gasteiger partial charge < -0.3 is 14.8 Å². The number of rotatable bonds is 12. The zero-order valence-electron chi connectivity index (χ0n) is 23.8. The van der Waals surface area contributed by atoms with Crippen LogP contribution in [0.1, 0.15) is 46.3 Å². The number of ether oxygens (including phenoxy) is 2. The van der Waals surface area contributed by atoms with Gasteiger partial charge in [-0.15, -0.1) is 13.2 Å². The number of hydrogen-bond donors (Lipinski definition) is 3. The first-order valence-electron chi connectivity index (χ1n) is 13.5. The summed E-state index contributed by atoms with van der Waals surface area (Å²) in [6.45, 7) is 3.21. The van der Waals surface area contributed by atoms with Gasteiger partial charge in [0, 0.05) is 18.4 Å². The lowest BCUT2D eigenvalue weighted by molar-refractivity contribution is -0.274. The van der Waals surface area contributed by atoms with Crippen LogP contribution in [-0.2, 0) is 33.0 Å². The van der Waals surface area contributed by atoms with E-state index in [1.165, 1.54) is 30.3 Å². The molecule has 3 aromatic rings. The third-order valence-electron chi connectivity index (χ3n) is 6.47. The molecule has 3 aromatic carbocycles. The molecule has 4 N–H and O–H groups in total. The number of halogens is 3. The summed E-state index contributed by atoms with van der Waals surface area (Å²) in [5.41, 5.74) is 2.35. The van der Waals surface area contributed by atoms with Gasteiger partial charge in [-0.25, -0.2) is 13.6 Å². The maximum Gasteiger partial charge on any atom is 0.573 e. The summed E-state index contributed by atoms with van der Waals surface area (Å²) in [5, 5.41) is 8.40. The van der Waals surface area contributed by atoms with Crippen LogP contribution in [0, 0.1) is 6.92 Å². The van der Waals surface area contributed by atoms with E-state index in [0.717, 1.165) is 5.56 Å². The van der Waals surface area contributed by atoms with Crippen molar-refractivity contribution in [2.75, 3.05) is 19.7 Å². The molecular weight excluding hydrogens is 625 g/mol. The topological polar surface area (TPSA) is 162 Å². The van der Waals surface area contributed by atoms with Gasteiger partial charge in [-0.05, 0) is 80.7 Å². The molecule has 0 aromatic heterocycles. The summed E-state index contributed by atoms with van der Waals surface area (Å²) >= 11 is 0. The normalized spacial score (nSPS) is 13.0. The number of sulfonamides is 1. The number of hydrogen-bond acceptors (Lipinski definition) is 8. The average Bonchev–Trinajstić information content (AvgIpc) is 3.40. The monoisotopic (exact) mass is 658 g/mol. The largest absolute Gasteiger partial charge is 0.573 e. The predicted octanol–water partition coefficient (Wildman–Crippen LogP) is 4.59. The molecule has 4 rings (SSSR count). The summed E-state index contributed by atoms with van der Waals surface area (Å²) in [5.74, 6) is -0.177. The average molecular weight is 659 g/mol. The van der Waals surface area contributed by atoms with Crippen LogP contribution < -0.4 is 19.9 Å². The van der Waals surface area contributed by atoms with Crippen molar-refractivity contribution >= 4 is 25.9 Å². The van der Waals surface area contributed by atoms with Gasteiger partial charge in [-0.2, -0.15) is 8.42 Å². The molecule has 0 saturated heterocycles. The fourth-order valence-electron chi connectivity index (χ4n) is 4.32. The number of carbonyl (C=O) groups is 1. The molecule has 0 saturated carbocycles. The summed E-state index contributed by atoms with van der Waals surface area (Å²) < 4.78 is 100. The number of para-hydroxylation sites is 1. The van der Waals surface area contributed by atoms with Crippen LogP contribution >= 0.6 is 0 Å². The number of aryl methyl sites for hydroxylation is 1. The first-order chi connectivity index (χ1) is 20.5. The van der Waals surface area contributed by atoms with Crippen LogP contribution in [0.15, 0.2) is 70.5 Å². The smallest absolute Gasteiger partial charge is 0.492 e. The Morgan fingerprint density at radius 1 is 1.02 bits per heavy atom. The molecule has 10 nitrogen and oxygen atoms in total. The Morgan fingerprint density at radius 2 is 1.70 bits per heavy atom. The first kappa shape index (κ1) is 35.0. The maximum atomic E-state index is 12.5. The Morgan fingerprint density at radius 3 is 2.34 bits per heavy atom. The number of nitrogens with two attached hydrogens (primary N) is 1. The summed E-state index contributed by atoms with van der Waals surface area (Å²) in [4.78, 5) is 12.3. The van der Waals surface area contributed by atoms with E-state index in [1.54, 1.807) is 30.3 Å². The zero-order chi connectivity index (χ0) is 32.5. The number of carbonyl (C=O) groups excluding carboxylic acids is 1. The number of nitrogens with one attached hydrogen (secondary N) is 1. The maximum absolute atomic E-state index is 12.5. The lowest BCUT2D eigenvalue weighted by atomic mass is 10.0. The van der Waals surface area contributed by atoms with Crippen molar-refractivity contribution in [3.63, 3.8) is 0 Å². The number of Topliss-reactive ketones (excluding diaryl/α,β-unsaturated/α-hetero) is 1. The lowest BCUT2D eigenvalue weighted by Crippen LogP contribution is -2.21. The molecule has 0 amide bonds. The van der Waals surface area contributed by atoms with Gasteiger partial charge in [-0.3, -0.25) is 9.35 Å². The molecule has 0 aliphatic carbocycles. The zero-order valence-corrected chi connectivity index (χ0v) is 25.4. The molecule has 240 valence electrons. The van der Waals surface area contributed by atoms with E-state index in [0.29, 0.717) is 56.5 Å². The minimum Gasteiger partial charge on any atom is -0.492 e. The minimum absolute atomic E-state index is 0.0666. The van der Waals surface area contributed by atoms with Crippen molar-refractivity contribution in [2.45, 2.75) is 55.2 Å². The number of ketones is 1. The molecule has 0 spiro atoms. The predicted molar refractivity (Wildman–Crippen MR) is 156 cm³/mol. The summed E-state index contributed by atoms with van der Waals surface area (Å²) in [6.07, 6.45) is -2.40. The molecule has 15 heteroatoms. The van der Waals surface area contributed by atoms with E-state index in [2.05, 4.69) is 10.1 Å². The van der Waals surface area contributed by atoms with Gasteiger partial charge in [0.1, 0.15) is 16.4 Å². The van der Waals surface area contributed by atoms with Crippen molar-refractivity contribution in [3.05, 3.63) is 82.9 Å². The lowest BCUT2D eigenvalue weighted by Gasteiger charge is -2.13. The van der Waals surface area contributed by atoms with Gasteiger partial charge in [0.25, 0.3) is 10.1 Å². The summed E-state index contributed by atoms with van der Waals surface area (Å²) in [7, 11) is -8.03. The second-order valence-electron chi connectivity index (χ2n) is 9.93. The highest BCUT2D eigenvalue weighted by atomic mass is 32.2. The number of benzene rings is 3. The summed E-state index contributed by atoms with van der Waals surface area (Å²) in [6, 6.07) is 14.9. The van der Waals surface area contributed by atoms with Crippen molar-refractivity contribution in [2.24, 2.45) is 5.14 Å². The van der Waals surface area contributed by atoms with E-state index in [-0.39, 0.29) is 39.1 Å². The molecule has 1 aliphatic rings. The van der Waals surface area contributed by atoms with E-state index < -0.39 is 26.5 Å². The molecule has 0 bridgehead atoms. The molecule has 1 aliphatic heterocycles. The van der Waals surface area contributed by atoms with E-state index in [4.69, 9.17) is 14.4 Å². The van der Waals surface area contributed by atoms with Gasteiger partial charge >= 0.3 is 6.36 Å². The Balaban J connectivity index is 0.000000404. The quantitative estimate of drug-likeness (QED) is 0.144. The third kappa shape index (κ3) is 10.9. The van der Waals surface area contributed by atoms with Crippen LogP contribution in [0.3, 0.4) is 0 Å². The highest BCUT2D eigenvalue weighted by Crippen LogP contribution is 2.34. The highest BCUT2D eigenvalue weighted by Gasteiger charge is 2.32. The van der Waals surface area contributed by atoms with Crippen LogP contribution in [0.25, 0.3) is 0 Å². The Hall–Kier alpha value is -3.50. The van der Waals surface area contributed by atoms with Crippen LogP contribution in [-0.4, -0.2) is 53.2 Å². The Labute approximate surface area is 254 Å². The van der Waals surface area contributed by atoms with Gasteiger partial charge in [0.2, 0.25) is 10.0 Å². The molecular formula is C29H33F3N2O8S2.